The van der Waals surface area contributed by atoms with Crippen molar-refractivity contribution in [3.8, 4) is 0 Å². The van der Waals surface area contributed by atoms with Gasteiger partial charge in [0.05, 0.1) is 11.1 Å². The third-order valence-electron chi connectivity index (χ3n) is 5.29. The Labute approximate surface area is 221 Å². The second-order valence-corrected chi connectivity index (χ2v) is 9.28. The first-order chi connectivity index (χ1) is 17.4. The summed E-state index contributed by atoms with van der Waals surface area (Å²) in [6, 6.07) is 15.3. The second-order valence-electron chi connectivity index (χ2n) is 7.96. The Morgan fingerprint density at radius 1 is 0.892 bits per heavy atom. The van der Waals surface area contributed by atoms with Crippen LogP contribution >= 0.6 is 27.5 Å². The fraction of sp³-hybridized carbons (Fsp3) is 0.0800. The van der Waals surface area contributed by atoms with Gasteiger partial charge in [-0.15, -0.1) is 0 Å². The van der Waals surface area contributed by atoms with E-state index in [-0.39, 0.29) is 11.4 Å². The van der Waals surface area contributed by atoms with E-state index < -0.39 is 29.5 Å². The number of hydrogen-bond donors (Lipinski definition) is 3. The molecular weight excluding hydrogens is 577 g/mol. The van der Waals surface area contributed by atoms with Gasteiger partial charge in [-0.05, 0) is 67.1 Å². The summed E-state index contributed by atoms with van der Waals surface area (Å²) >= 11 is 9.48. The highest BCUT2D eigenvalue weighted by atomic mass is 79.9. The van der Waals surface area contributed by atoms with Gasteiger partial charge in [0.25, 0.3) is 5.91 Å². The number of carbonyl (C=O) groups excluding carboxylic acids is 3. The number of nitrogens with one attached hydrogen (secondary N) is 3. The molecule has 0 radical (unpaired) electrons. The van der Waals surface area contributed by atoms with Crippen LogP contribution in [-0.4, -0.2) is 22.4 Å². The molecule has 1 aromatic heterocycles. The van der Waals surface area contributed by atoms with E-state index in [0.717, 1.165) is 22.4 Å². The Morgan fingerprint density at radius 3 is 2.32 bits per heavy atom. The highest BCUT2D eigenvalue weighted by Crippen LogP contribution is 2.30. The predicted octanol–water partition coefficient (Wildman–Crippen LogP) is 6.35. The van der Waals surface area contributed by atoms with Crippen LogP contribution in [0, 0.1) is 6.92 Å². The van der Waals surface area contributed by atoms with E-state index >= 15 is 0 Å². The summed E-state index contributed by atoms with van der Waals surface area (Å²) in [5.41, 5.74) is 2.76. The zero-order valence-electron chi connectivity index (χ0n) is 18.9. The molecule has 12 heteroatoms. The van der Waals surface area contributed by atoms with Crippen LogP contribution in [0.4, 0.5) is 24.5 Å². The van der Waals surface area contributed by atoms with E-state index in [0.29, 0.717) is 32.2 Å². The molecule has 4 aromatic rings. The smallest absolute Gasteiger partial charge is 0.321 e. The molecule has 190 valence electrons. The molecule has 0 fully saturated rings. The van der Waals surface area contributed by atoms with Crippen LogP contribution < -0.4 is 16.1 Å². The zero-order valence-corrected chi connectivity index (χ0v) is 21.3. The lowest BCUT2D eigenvalue weighted by Crippen LogP contribution is -2.36. The van der Waals surface area contributed by atoms with E-state index in [1.807, 2.05) is 6.92 Å². The number of fused-ring (bicyclic) bond motifs is 1. The third kappa shape index (κ3) is 5.95. The van der Waals surface area contributed by atoms with Crippen molar-refractivity contribution in [2.24, 2.45) is 0 Å². The Balaban J connectivity index is 1.61. The van der Waals surface area contributed by atoms with E-state index in [4.69, 9.17) is 11.6 Å². The van der Waals surface area contributed by atoms with E-state index in [9.17, 15) is 27.6 Å². The van der Waals surface area contributed by atoms with Crippen LogP contribution in [0.15, 0.2) is 71.2 Å². The largest absolute Gasteiger partial charge is 0.416 e. The first-order valence-electron chi connectivity index (χ1n) is 10.6. The topological polar surface area (TPSA) is 92.2 Å². The summed E-state index contributed by atoms with van der Waals surface area (Å²) in [5.74, 6) is -3.04. The van der Waals surface area contributed by atoms with Crippen molar-refractivity contribution in [2.75, 3.05) is 16.1 Å². The fourth-order valence-corrected chi connectivity index (χ4v) is 4.01. The molecule has 1 heterocycles. The van der Waals surface area contributed by atoms with Gasteiger partial charge < -0.3 is 10.6 Å². The van der Waals surface area contributed by atoms with Crippen LogP contribution in [0.3, 0.4) is 0 Å². The Kier molecular flexibility index (Phi) is 7.28. The van der Waals surface area contributed by atoms with Crippen molar-refractivity contribution in [1.82, 2.24) is 4.68 Å². The van der Waals surface area contributed by atoms with Crippen molar-refractivity contribution in [2.45, 2.75) is 13.1 Å². The van der Waals surface area contributed by atoms with Gasteiger partial charge in [0.2, 0.25) is 0 Å². The lowest BCUT2D eigenvalue weighted by Gasteiger charge is -2.13. The van der Waals surface area contributed by atoms with Gasteiger partial charge in [-0.2, -0.15) is 13.2 Å². The van der Waals surface area contributed by atoms with Crippen LogP contribution in [0.25, 0.3) is 10.9 Å². The van der Waals surface area contributed by atoms with Crippen LogP contribution in [0.2, 0.25) is 5.02 Å². The summed E-state index contributed by atoms with van der Waals surface area (Å²) < 4.78 is 40.7. The molecule has 3 amide bonds. The van der Waals surface area contributed by atoms with E-state index in [1.54, 1.807) is 36.4 Å². The number of rotatable bonds is 4. The lowest BCUT2D eigenvalue weighted by molar-refractivity contribution is -0.137. The molecule has 3 N–H and O–H groups in total. The number of hydrogen-bond acceptors (Lipinski definition) is 3. The molecule has 0 unspecified atom stereocenters. The van der Waals surface area contributed by atoms with Gasteiger partial charge in [-0.25, -0.2) is 4.68 Å². The molecule has 7 nitrogen and oxygen atoms in total. The standard InChI is InChI=1S/C25H17BrClF3N4O3/c1-13-5-7-18(12-19(13)27)31-22(35)21-10-14-9-16(26)6-8-20(14)34(21)33-24(37)23(36)32-17-4-2-3-15(11-17)25(28,29)30/h2-12H,1H3,(H,31,35)(H,32,36)(H,33,37). The number of amides is 3. The number of carbonyl (C=O) groups is 3. The molecule has 37 heavy (non-hydrogen) atoms. The maximum atomic E-state index is 13.1. The van der Waals surface area contributed by atoms with Gasteiger partial charge in [0.1, 0.15) is 5.69 Å². The van der Waals surface area contributed by atoms with Gasteiger partial charge in [-0.1, -0.05) is 39.7 Å². The van der Waals surface area contributed by atoms with Gasteiger partial charge >= 0.3 is 18.0 Å². The number of aryl methyl sites for hydroxylation is 1. The molecule has 4 rings (SSSR count). The van der Waals surface area contributed by atoms with Gasteiger partial charge in [0.15, 0.2) is 0 Å². The van der Waals surface area contributed by atoms with Crippen molar-refractivity contribution >= 4 is 67.5 Å². The maximum Gasteiger partial charge on any atom is 0.416 e. The average Bonchev–Trinajstić information content (AvgIpc) is 3.18. The normalized spacial score (nSPS) is 11.3. The zero-order chi connectivity index (χ0) is 26.9. The summed E-state index contributed by atoms with van der Waals surface area (Å²) in [6.07, 6.45) is -4.62. The van der Waals surface area contributed by atoms with Crippen molar-refractivity contribution in [3.05, 3.63) is 93.0 Å². The molecule has 0 saturated heterocycles. The first-order valence-corrected chi connectivity index (χ1v) is 11.8. The Bertz CT molecular complexity index is 1550. The molecule has 0 spiro atoms. The molecular formula is C25H17BrClF3N4O3. The second kappa shape index (κ2) is 10.3. The summed E-state index contributed by atoms with van der Waals surface area (Å²) in [7, 11) is 0. The highest BCUT2D eigenvalue weighted by Gasteiger charge is 2.30. The number of anilines is 2. The van der Waals surface area contributed by atoms with E-state index in [1.165, 1.54) is 12.1 Å². The van der Waals surface area contributed by atoms with Gasteiger partial charge in [0, 0.05) is 26.3 Å². The van der Waals surface area contributed by atoms with Crippen molar-refractivity contribution < 1.29 is 27.6 Å². The molecule has 0 aliphatic rings. The number of aromatic nitrogens is 1. The monoisotopic (exact) mass is 592 g/mol. The molecule has 0 bridgehead atoms. The average molecular weight is 594 g/mol. The van der Waals surface area contributed by atoms with E-state index in [2.05, 4.69) is 32.0 Å². The number of benzene rings is 3. The maximum absolute atomic E-state index is 13.1. The number of alkyl halides is 3. The summed E-state index contributed by atoms with van der Waals surface area (Å²) in [5, 5.41) is 5.84. The first kappa shape index (κ1) is 26.2. The SMILES string of the molecule is Cc1ccc(NC(=O)c2cc3cc(Br)ccc3n2NC(=O)C(=O)Nc2cccc(C(F)(F)F)c2)cc1Cl. The predicted molar refractivity (Wildman–Crippen MR) is 138 cm³/mol. The van der Waals surface area contributed by atoms with Crippen molar-refractivity contribution in [3.63, 3.8) is 0 Å². The third-order valence-corrected chi connectivity index (χ3v) is 6.19. The minimum absolute atomic E-state index is 0.00924. The number of halogens is 5. The minimum Gasteiger partial charge on any atom is -0.321 e. The van der Waals surface area contributed by atoms with Crippen LogP contribution in [0.1, 0.15) is 21.6 Å². The molecule has 0 aliphatic carbocycles. The molecule has 3 aromatic carbocycles. The molecule has 0 atom stereocenters. The molecule has 0 aliphatic heterocycles. The minimum atomic E-state index is -4.62. The van der Waals surface area contributed by atoms with Crippen LogP contribution in [-0.2, 0) is 15.8 Å². The highest BCUT2D eigenvalue weighted by molar-refractivity contribution is 9.10. The summed E-state index contributed by atoms with van der Waals surface area (Å²) in [4.78, 5) is 38.3. The van der Waals surface area contributed by atoms with Crippen LogP contribution in [0.5, 0.6) is 0 Å². The lowest BCUT2D eigenvalue weighted by atomic mass is 10.2. The Hall–Kier alpha value is -3.83. The Morgan fingerprint density at radius 2 is 1.62 bits per heavy atom. The van der Waals surface area contributed by atoms with Gasteiger partial charge in [-0.3, -0.25) is 19.8 Å². The summed E-state index contributed by atoms with van der Waals surface area (Å²) in [6.45, 7) is 1.81. The van der Waals surface area contributed by atoms with Crippen molar-refractivity contribution in [1.29, 1.82) is 0 Å². The fourth-order valence-electron chi connectivity index (χ4n) is 3.45. The number of nitrogens with zero attached hydrogens (tertiary/aromatic N) is 1. The quantitative estimate of drug-likeness (QED) is 0.241. The molecule has 0 saturated carbocycles.